The molecule has 0 aromatic heterocycles. The van der Waals surface area contributed by atoms with Gasteiger partial charge < -0.3 is 15.2 Å². The number of carbonyl (C=O) groups is 1. The minimum Gasteiger partial charge on any atom is -0.494 e. The van der Waals surface area contributed by atoms with Crippen LogP contribution in [-0.2, 0) is 9.53 Å². The third kappa shape index (κ3) is 5.57. The highest BCUT2D eigenvalue weighted by Crippen LogP contribution is 2.26. The third-order valence-corrected chi connectivity index (χ3v) is 5.24. The van der Waals surface area contributed by atoms with Crippen LogP contribution in [0.15, 0.2) is 48.5 Å². The van der Waals surface area contributed by atoms with Gasteiger partial charge >= 0.3 is 0 Å². The quantitative estimate of drug-likeness (QED) is 0.675. The van der Waals surface area contributed by atoms with Crippen molar-refractivity contribution in [2.75, 3.05) is 39.5 Å². The van der Waals surface area contributed by atoms with Gasteiger partial charge in [0.05, 0.1) is 25.7 Å². The summed E-state index contributed by atoms with van der Waals surface area (Å²) >= 11 is 0. The number of carbonyl (C=O) groups excluding carboxylic acids is 1. The lowest BCUT2D eigenvalue weighted by Gasteiger charge is -2.26. The minimum absolute atomic E-state index is 0.220. The van der Waals surface area contributed by atoms with Crippen molar-refractivity contribution in [2.45, 2.75) is 25.7 Å². The van der Waals surface area contributed by atoms with E-state index in [9.17, 15) is 4.79 Å². The zero-order valence-corrected chi connectivity index (χ0v) is 16.6. The molecule has 1 aliphatic heterocycles. The summed E-state index contributed by atoms with van der Waals surface area (Å²) in [6.45, 7) is 7.46. The number of nitrogens with two attached hydrogens (primary N) is 1. The number of rotatable bonds is 9. The fourth-order valence-electron chi connectivity index (χ4n) is 3.56. The fraction of sp³-hybridized carbons (Fsp3) is 0.435. The van der Waals surface area contributed by atoms with Crippen molar-refractivity contribution >= 4 is 5.91 Å². The second-order valence-corrected chi connectivity index (χ2v) is 7.17. The van der Waals surface area contributed by atoms with Gasteiger partial charge in [-0.2, -0.15) is 0 Å². The Morgan fingerprint density at radius 1 is 1.07 bits per heavy atom. The molecule has 0 radical (unpaired) electrons. The molecule has 2 aromatic carbocycles. The number of hydrogen-bond donors (Lipinski definition) is 1. The van der Waals surface area contributed by atoms with Crippen molar-refractivity contribution in [2.24, 2.45) is 5.73 Å². The molecule has 3 rings (SSSR count). The summed E-state index contributed by atoms with van der Waals surface area (Å²) in [6.07, 6.45) is 1.73. The summed E-state index contributed by atoms with van der Waals surface area (Å²) in [4.78, 5) is 13.9. The lowest BCUT2D eigenvalue weighted by atomic mass is 9.94. The smallest absolute Gasteiger partial charge is 0.224 e. The minimum atomic E-state index is -0.273. The number of ether oxygens (including phenoxy) is 2. The molecular weight excluding hydrogens is 352 g/mol. The Kier molecular flexibility index (Phi) is 7.46. The van der Waals surface area contributed by atoms with Crippen molar-refractivity contribution in [3.05, 3.63) is 54.1 Å². The van der Waals surface area contributed by atoms with Gasteiger partial charge in [0, 0.05) is 19.6 Å². The Balaban J connectivity index is 1.50. The second kappa shape index (κ2) is 10.2. The van der Waals surface area contributed by atoms with Gasteiger partial charge in [-0.3, -0.25) is 9.69 Å². The summed E-state index contributed by atoms with van der Waals surface area (Å²) < 4.78 is 11.2. The zero-order valence-electron chi connectivity index (χ0n) is 16.6. The van der Waals surface area contributed by atoms with Crippen LogP contribution in [0.3, 0.4) is 0 Å². The highest BCUT2D eigenvalue weighted by Gasteiger charge is 2.15. The maximum atomic E-state index is 11.5. The number of primary amides is 1. The average Bonchev–Trinajstić information content (AvgIpc) is 2.73. The topological polar surface area (TPSA) is 64.8 Å². The van der Waals surface area contributed by atoms with Crippen LogP contribution in [0.1, 0.15) is 31.2 Å². The molecule has 150 valence electrons. The van der Waals surface area contributed by atoms with E-state index in [1.165, 1.54) is 0 Å². The van der Waals surface area contributed by atoms with E-state index in [1.807, 2.05) is 43.3 Å². The maximum absolute atomic E-state index is 11.5. The van der Waals surface area contributed by atoms with Crippen LogP contribution in [-0.4, -0.2) is 50.3 Å². The molecule has 28 heavy (non-hydrogen) atoms. The van der Waals surface area contributed by atoms with E-state index in [0.29, 0.717) is 6.42 Å². The summed E-state index contributed by atoms with van der Waals surface area (Å²) in [7, 11) is 0. The van der Waals surface area contributed by atoms with Gasteiger partial charge in [-0.25, -0.2) is 0 Å². The maximum Gasteiger partial charge on any atom is 0.224 e. The molecule has 1 saturated heterocycles. The average molecular weight is 383 g/mol. The molecule has 5 heteroatoms. The van der Waals surface area contributed by atoms with Gasteiger partial charge in [-0.1, -0.05) is 43.3 Å². The van der Waals surface area contributed by atoms with E-state index in [1.54, 1.807) is 0 Å². The van der Waals surface area contributed by atoms with Crippen molar-refractivity contribution in [3.8, 4) is 16.9 Å². The van der Waals surface area contributed by atoms with E-state index in [0.717, 1.165) is 68.3 Å². The van der Waals surface area contributed by atoms with Crippen LogP contribution < -0.4 is 10.5 Å². The fourth-order valence-corrected chi connectivity index (χ4v) is 3.56. The number of hydrogen-bond acceptors (Lipinski definition) is 4. The van der Waals surface area contributed by atoms with E-state index >= 15 is 0 Å². The van der Waals surface area contributed by atoms with Crippen molar-refractivity contribution in [3.63, 3.8) is 0 Å². The molecule has 0 aliphatic carbocycles. The molecule has 0 bridgehead atoms. The van der Waals surface area contributed by atoms with Gasteiger partial charge in [0.15, 0.2) is 0 Å². The van der Waals surface area contributed by atoms with Crippen LogP contribution in [0.4, 0.5) is 0 Å². The predicted molar refractivity (Wildman–Crippen MR) is 111 cm³/mol. The first-order chi connectivity index (χ1) is 13.7. The molecule has 1 atom stereocenters. The number of amides is 1. The normalized spacial score (nSPS) is 15.9. The Morgan fingerprint density at radius 3 is 2.25 bits per heavy atom. The van der Waals surface area contributed by atoms with Crippen LogP contribution >= 0.6 is 0 Å². The zero-order chi connectivity index (χ0) is 19.8. The molecule has 0 saturated carbocycles. The van der Waals surface area contributed by atoms with Crippen LogP contribution in [0.5, 0.6) is 5.75 Å². The number of benzene rings is 2. The Hall–Kier alpha value is -2.37. The van der Waals surface area contributed by atoms with E-state index in [4.69, 9.17) is 15.2 Å². The first-order valence-electron chi connectivity index (χ1n) is 10.1. The molecule has 1 unspecified atom stereocenters. The summed E-state index contributed by atoms with van der Waals surface area (Å²) in [6, 6.07) is 16.2. The molecule has 1 amide bonds. The molecule has 0 spiro atoms. The third-order valence-electron chi connectivity index (χ3n) is 5.24. The molecule has 1 heterocycles. The number of nitrogens with zero attached hydrogens (tertiary/aromatic N) is 1. The monoisotopic (exact) mass is 382 g/mol. The van der Waals surface area contributed by atoms with Gasteiger partial charge in [0.2, 0.25) is 5.91 Å². The standard InChI is InChI=1S/C23H30N2O3/c1-2-22(23(24)26)20-6-4-18(5-7-20)19-8-10-21(11-9-19)28-15-3-12-25-13-16-27-17-14-25/h4-11,22H,2-3,12-17H2,1H3,(H2,24,26). The first-order valence-corrected chi connectivity index (χ1v) is 10.1. The predicted octanol–water partition coefficient (Wildman–Crippen LogP) is 3.43. The molecule has 5 nitrogen and oxygen atoms in total. The Labute approximate surface area is 167 Å². The highest BCUT2D eigenvalue weighted by atomic mass is 16.5. The van der Waals surface area contributed by atoms with Gasteiger partial charge in [0.1, 0.15) is 5.75 Å². The summed E-state index contributed by atoms with van der Waals surface area (Å²) in [5.41, 5.74) is 8.68. The first kappa shape index (κ1) is 20.4. The van der Waals surface area contributed by atoms with Gasteiger partial charge in [-0.15, -0.1) is 0 Å². The van der Waals surface area contributed by atoms with Crippen molar-refractivity contribution < 1.29 is 14.3 Å². The van der Waals surface area contributed by atoms with Crippen LogP contribution in [0.25, 0.3) is 11.1 Å². The largest absolute Gasteiger partial charge is 0.494 e. The number of morpholine rings is 1. The van der Waals surface area contributed by atoms with Crippen LogP contribution in [0, 0.1) is 0 Å². The highest BCUT2D eigenvalue weighted by molar-refractivity contribution is 5.82. The molecular formula is C23H30N2O3. The summed E-state index contributed by atoms with van der Waals surface area (Å²) in [5, 5.41) is 0. The lowest BCUT2D eigenvalue weighted by Crippen LogP contribution is -2.37. The van der Waals surface area contributed by atoms with Gasteiger partial charge in [-0.05, 0) is 41.7 Å². The molecule has 1 fully saturated rings. The molecule has 1 aliphatic rings. The lowest BCUT2D eigenvalue weighted by molar-refractivity contribution is -0.119. The van der Waals surface area contributed by atoms with Crippen molar-refractivity contribution in [1.29, 1.82) is 0 Å². The van der Waals surface area contributed by atoms with E-state index < -0.39 is 0 Å². The van der Waals surface area contributed by atoms with E-state index in [-0.39, 0.29) is 11.8 Å². The molecule has 2 N–H and O–H groups in total. The summed E-state index contributed by atoms with van der Waals surface area (Å²) in [5.74, 6) is 0.398. The Morgan fingerprint density at radius 2 is 1.68 bits per heavy atom. The van der Waals surface area contributed by atoms with Crippen molar-refractivity contribution in [1.82, 2.24) is 4.90 Å². The molecule has 2 aromatic rings. The Bertz CT molecular complexity index is 737. The SMILES string of the molecule is CCC(C(N)=O)c1ccc(-c2ccc(OCCCN3CCOCC3)cc2)cc1. The van der Waals surface area contributed by atoms with E-state index in [2.05, 4.69) is 17.0 Å². The van der Waals surface area contributed by atoms with Crippen LogP contribution in [0.2, 0.25) is 0 Å². The second-order valence-electron chi connectivity index (χ2n) is 7.17. The van der Waals surface area contributed by atoms with Gasteiger partial charge in [0.25, 0.3) is 0 Å².